The number of carbonyl (C=O) groups is 3. The SMILES string of the molecule is CC(C)(C)[Si](OCCc1ncccc1C(=O)N1CCOC[C@H]1CO)(c1ccccc1)c1ccccc1.CC(C)(C)[Si](OCCc1ncccc1C(=O)O)(c1ccccc1)c1ccccc1.CC(C)(C)[Si](OCCc1ncccc1C(=O)OC[C@H]1COCCN1)(c1ccccc1)c1ccccc1.Cl.OC[C@@H]1COCCN1.[3H][B].[U]. The molecule has 3 aliphatic heterocycles. The van der Waals surface area contributed by atoms with Crippen LogP contribution in [0, 0.1) is 31.1 Å². The van der Waals surface area contributed by atoms with Gasteiger partial charge in [-0.1, -0.05) is 244 Å². The number of aromatic carboxylic acids is 1. The summed E-state index contributed by atoms with van der Waals surface area (Å²) in [7, 11) is -4.19. The molecule has 112 heavy (non-hydrogen) atoms. The van der Waals surface area contributed by atoms with Crippen molar-refractivity contribution in [1.29, 1.82) is 1.34 Å². The van der Waals surface area contributed by atoms with Crippen LogP contribution in [0.25, 0.3) is 0 Å². The normalized spacial score (nSPS) is 16.0. The molecule has 0 saturated carbocycles. The van der Waals surface area contributed by atoms with Gasteiger partial charge in [0.2, 0.25) is 0 Å². The molecule has 0 spiro atoms. The van der Waals surface area contributed by atoms with E-state index < -0.39 is 30.9 Å². The number of amides is 1. The van der Waals surface area contributed by atoms with E-state index in [0.29, 0.717) is 107 Å². The number of aliphatic hydroxyl groups is 2. The van der Waals surface area contributed by atoms with Gasteiger partial charge in [-0.15, -0.1) is 12.4 Å². The molecule has 3 aromatic heterocycles. The minimum Gasteiger partial charge on any atom is -0.478 e. The fourth-order valence-corrected chi connectivity index (χ4v) is 28.3. The molecule has 0 bridgehead atoms. The van der Waals surface area contributed by atoms with Gasteiger partial charge >= 0.3 is 11.9 Å². The molecule has 5 N–H and O–H groups in total. The average molecular weight is 1820 g/mol. The average Bonchev–Trinajstić information content (AvgIpc) is 0.754. The van der Waals surface area contributed by atoms with Crippen LogP contribution in [0.4, 0.5) is 0 Å². The Hall–Kier alpha value is -7.16. The molecule has 1 amide bonds. The molecule has 6 heterocycles. The summed E-state index contributed by atoms with van der Waals surface area (Å²) in [5.74, 6) is -1.44. The van der Waals surface area contributed by atoms with Crippen LogP contribution in [0.15, 0.2) is 237 Å². The molecule has 19 nitrogen and oxygen atoms in total. The van der Waals surface area contributed by atoms with Gasteiger partial charge in [-0.25, -0.2) is 9.59 Å². The van der Waals surface area contributed by atoms with Gasteiger partial charge in [0.1, 0.15) is 6.61 Å². The number of ether oxygens (including phenoxy) is 4. The summed E-state index contributed by atoms with van der Waals surface area (Å²) < 4.78 is 47.6. The third kappa shape index (κ3) is 24.2. The van der Waals surface area contributed by atoms with E-state index in [0.717, 1.165) is 19.7 Å². The molecule has 3 atom stereocenters. The quantitative estimate of drug-likeness (QED) is 0.0265. The Morgan fingerprint density at radius 2 is 0.786 bits per heavy atom. The first-order valence-electron chi connectivity index (χ1n) is 38.4. The van der Waals surface area contributed by atoms with Crippen molar-refractivity contribution in [2.24, 2.45) is 0 Å². The van der Waals surface area contributed by atoms with E-state index in [1.54, 1.807) is 53.8 Å². The molecule has 0 unspecified atom stereocenters. The van der Waals surface area contributed by atoms with Crippen molar-refractivity contribution >= 4 is 94.7 Å². The van der Waals surface area contributed by atoms with E-state index in [4.69, 9.17) is 38.7 Å². The van der Waals surface area contributed by atoms with Crippen molar-refractivity contribution in [3.8, 4) is 0 Å². The number of nitrogens with one attached hydrogen (secondary N) is 2. The van der Waals surface area contributed by atoms with Crippen LogP contribution in [-0.2, 0) is 51.5 Å². The standard InChI is InChI=1S/2C29H36N2O4Si.C24H27NO3Si.C5H11NO2.BH.ClH.U/c1-29(2,3)36(24-11-6-4-7-12-24,25-13-8-5-9-14-25)35-19-16-27-26(15-10-17-31-27)28(32)34-22-23-21-33-20-18-30-23;1-29(2,3)36(24-11-6-4-7-12-24,25-13-8-5-9-14-25)35-19-16-27-26(15-10-17-30-27)28(33)31-18-20-34-22-23(31)21-32;1-24(2,3)29(19-11-6-4-7-12-19,20-13-8-5-9-14-20)28-18-16-22-21(23(26)27)15-10-17-25-22;7-3-5-4-8-2-1-6-5;;;/h4-15,17,23,30H,16,18-22H2,1-3H3;4-15,17,23,32H,16,18-22H2,1-3H3;4-15,17H,16,18H2,1-3H3,(H,26,27);5-7H,1-4H2;2*1H;/t2*23-;;5-;;;/m11.1.../s1/i;;;;1T;;. The zero-order valence-corrected chi connectivity index (χ0v) is 74.2. The Kier molecular flexibility index (Phi) is 37.6. The van der Waals surface area contributed by atoms with Crippen LogP contribution < -0.4 is 41.8 Å². The maximum Gasteiger partial charge on any atom is 0.340 e. The second kappa shape index (κ2) is 45.8. The Morgan fingerprint density at radius 1 is 0.464 bits per heavy atom. The number of aromatic nitrogens is 3. The van der Waals surface area contributed by atoms with Crippen molar-refractivity contribution in [3.63, 3.8) is 0 Å². The molecule has 6 aromatic carbocycles. The molecule has 25 heteroatoms. The molecule has 9 aromatic rings. The van der Waals surface area contributed by atoms with Gasteiger partial charge in [-0.05, 0) is 84.0 Å². The van der Waals surface area contributed by atoms with Crippen LogP contribution in [-0.4, -0.2) is 205 Å². The maximum absolute atomic E-state index is 13.4. The molecule has 594 valence electrons. The van der Waals surface area contributed by atoms with Crippen molar-refractivity contribution in [2.45, 2.75) is 115 Å². The number of nitrogens with zero attached hydrogens (tertiary/aromatic N) is 4. The van der Waals surface area contributed by atoms with Crippen molar-refractivity contribution in [1.82, 2.24) is 30.5 Å². The van der Waals surface area contributed by atoms with Crippen LogP contribution in [0.3, 0.4) is 0 Å². The first-order chi connectivity index (χ1) is 53.6. The van der Waals surface area contributed by atoms with E-state index in [-0.39, 0.29) is 114 Å². The summed E-state index contributed by atoms with van der Waals surface area (Å²) in [6.45, 7) is 27.4. The largest absolute Gasteiger partial charge is 0.478 e. The second-order valence-corrected chi connectivity index (χ2v) is 43.1. The van der Waals surface area contributed by atoms with E-state index in [2.05, 4.69) is 242 Å². The number of benzene rings is 6. The smallest absolute Gasteiger partial charge is 0.340 e. The summed E-state index contributed by atoms with van der Waals surface area (Å²) in [6, 6.07) is 73.2. The number of morpholine rings is 3. The Bertz CT molecular complexity index is 4120. The number of carbonyl (C=O) groups excluding carboxylic acids is 2. The fraction of sp³-hybridized carbons (Fsp3) is 0.379. The molecule has 0 aliphatic carbocycles. The van der Waals surface area contributed by atoms with Gasteiger partial charge in [0, 0.05) is 117 Å². The van der Waals surface area contributed by atoms with Gasteiger partial charge in [0.25, 0.3) is 30.9 Å². The Balaban J connectivity index is 0.000000247. The minimum atomic E-state index is -2.67. The molecular weight excluding hydrogens is 1710 g/mol. The zero-order chi connectivity index (χ0) is 79.8. The summed E-state index contributed by atoms with van der Waals surface area (Å²) in [6.07, 6.45) is 6.54. The molecule has 3 fully saturated rings. The second-order valence-electron chi connectivity index (χ2n) is 30.2. The van der Waals surface area contributed by atoms with Gasteiger partial charge in [0.15, 0.2) is 0 Å². The van der Waals surface area contributed by atoms with Crippen LogP contribution in [0.1, 0.15) is 110 Å². The van der Waals surface area contributed by atoms with Crippen LogP contribution in [0.5, 0.6) is 0 Å². The number of esters is 1. The molecule has 2 radical (unpaired) electrons. The number of hydrogen-bond acceptors (Lipinski definition) is 17. The summed E-state index contributed by atoms with van der Waals surface area (Å²) >= 11 is 0. The first-order valence-corrected chi connectivity index (χ1v) is 43.5. The number of pyridine rings is 3. The van der Waals surface area contributed by atoms with Gasteiger partial charge in [-0.3, -0.25) is 19.7 Å². The minimum absolute atomic E-state index is 0. The van der Waals surface area contributed by atoms with Gasteiger partial charge in [-0.2, -0.15) is 0 Å². The first kappa shape index (κ1) is 92.0. The van der Waals surface area contributed by atoms with Gasteiger partial charge < -0.3 is 63.1 Å². The molecule has 12 rings (SSSR count). The Morgan fingerprint density at radius 3 is 1.10 bits per heavy atom. The molecule has 3 aliphatic rings. The topological polar surface area (TPSA) is 242 Å². The number of carboxylic acid groups (broad SMARTS) is 1. The predicted molar refractivity (Wildman–Crippen MR) is 451 cm³/mol. The summed E-state index contributed by atoms with van der Waals surface area (Å²) in [5.41, 5.74) is 3.23. The van der Waals surface area contributed by atoms with E-state index >= 15 is 0 Å². The van der Waals surface area contributed by atoms with E-state index in [9.17, 15) is 24.6 Å². The van der Waals surface area contributed by atoms with Crippen LogP contribution >= 0.6 is 12.4 Å². The predicted octanol–water partition coefficient (Wildman–Crippen LogP) is 9.02. The number of hydrogen-bond donors (Lipinski definition) is 5. The van der Waals surface area contributed by atoms with E-state index in [1.165, 1.54) is 31.1 Å². The van der Waals surface area contributed by atoms with Gasteiger partial charge in [0.05, 0.1) is 105 Å². The summed E-state index contributed by atoms with van der Waals surface area (Å²) in [4.78, 5) is 52.9. The third-order valence-corrected chi connectivity index (χ3v) is 35.0. The fourth-order valence-electron chi connectivity index (χ4n) is 14.6. The number of halogens is 1. The van der Waals surface area contributed by atoms with Crippen molar-refractivity contribution in [2.75, 3.05) is 98.9 Å². The van der Waals surface area contributed by atoms with Crippen LogP contribution in [0.2, 0.25) is 15.1 Å². The number of aliphatic hydroxyl groups excluding tert-OH is 2. The third-order valence-electron chi connectivity index (χ3n) is 19.9. The van der Waals surface area contributed by atoms with Crippen molar-refractivity contribution in [3.05, 3.63) is 271 Å². The number of carboxylic acids is 1. The van der Waals surface area contributed by atoms with Crippen molar-refractivity contribution < 1.29 is 93.0 Å². The zero-order valence-electron chi connectivity index (χ0n) is 67.2. The van der Waals surface area contributed by atoms with E-state index in [1.807, 2.05) is 42.5 Å². The molecular formula is C87H112BClN6O13Si3U. The summed E-state index contributed by atoms with van der Waals surface area (Å²) in [5, 5.41) is 41.1. The monoisotopic (exact) mass is 1820 g/mol. The maximum atomic E-state index is 13.4. The number of rotatable bonds is 25. The molecule has 3 saturated heterocycles. The Labute approximate surface area is 698 Å².